The normalized spacial score (nSPS) is 15.6. The van der Waals surface area contributed by atoms with Gasteiger partial charge in [-0.05, 0) is 32.4 Å². The maximum absolute atomic E-state index is 12.5. The summed E-state index contributed by atoms with van der Waals surface area (Å²) < 4.78 is 39.3. The van der Waals surface area contributed by atoms with Crippen LogP contribution in [0.2, 0.25) is 0 Å². The second-order valence-corrected chi connectivity index (χ2v) is 7.54. The highest BCUT2D eigenvalue weighted by Gasteiger charge is 2.42. The van der Waals surface area contributed by atoms with Gasteiger partial charge in [0.15, 0.2) is 5.82 Å². The third-order valence-electron chi connectivity index (χ3n) is 5.06. The van der Waals surface area contributed by atoms with E-state index in [1.54, 1.807) is 42.6 Å². The quantitative estimate of drug-likeness (QED) is 0.694. The Bertz CT molecular complexity index is 1120. The maximum atomic E-state index is 12.5. The second-order valence-electron chi connectivity index (χ2n) is 7.54. The molecule has 0 radical (unpaired) electrons. The lowest BCUT2D eigenvalue weighted by Gasteiger charge is -2.15. The van der Waals surface area contributed by atoms with Crippen LogP contribution in [0.25, 0.3) is 17.0 Å². The van der Waals surface area contributed by atoms with Crippen LogP contribution in [-0.4, -0.2) is 31.4 Å². The highest BCUT2D eigenvalue weighted by molar-refractivity contribution is 6.06. The van der Waals surface area contributed by atoms with Crippen molar-refractivity contribution in [1.82, 2.24) is 19.4 Å². The van der Waals surface area contributed by atoms with Crippen molar-refractivity contribution in [3.63, 3.8) is 0 Å². The third-order valence-corrected chi connectivity index (χ3v) is 5.06. The summed E-state index contributed by atoms with van der Waals surface area (Å²) in [7, 11) is 0. The lowest BCUT2D eigenvalue weighted by Crippen LogP contribution is -2.27. The highest BCUT2D eigenvalue weighted by Crippen LogP contribution is 2.40. The first-order chi connectivity index (χ1) is 13.6. The van der Waals surface area contributed by atoms with Crippen molar-refractivity contribution >= 4 is 23.1 Å². The molecule has 0 fully saturated rings. The summed E-state index contributed by atoms with van der Waals surface area (Å²) >= 11 is 0. The summed E-state index contributed by atoms with van der Waals surface area (Å²) in [6.07, 6.45) is -3.29. The van der Waals surface area contributed by atoms with Gasteiger partial charge < -0.3 is 15.5 Å². The topological polar surface area (TPSA) is 98.2 Å². The average molecular weight is 404 g/mol. The molecule has 152 valence electrons. The highest BCUT2D eigenvalue weighted by atomic mass is 19.4. The van der Waals surface area contributed by atoms with Gasteiger partial charge in [0.25, 0.3) is 0 Å². The van der Waals surface area contributed by atoms with Crippen LogP contribution < -0.4 is 11.1 Å². The lowest BCUT2D eigenvalue weighted by molar-refractivity contribution is -0.135. The molecule has 0 aliphatic carbocycles. The Balaban J connectivity index is 1.77. The van der Waals surface area contributed by atoms with Crippen LogP contribution in [0.5, 0.6) is 0 Å². The molecule has 7 nitrogen and oxygen atoms in total. The molecule has 3 aromatic rings. The molecule has 4 rings (SSSR count). The number of amides is 1. The largest absolute Gasteiger partial charge is 0.389 e. The number of nitrogens with two attached hydrogens (primary N) is 1. The zero-order valence-corrected chi connectivity index (χ0v) is 15.8. The Labute approximate surface area is 164 Å². The number of anilines is 2. The Kier molecular flexibility index (Phi) is 4.25. The number of hydrogen-bond donors (Lipinski definition) is 2. The van der Waals surface area contributed by atoms with Crippen LogP contribution in [0, 0.1) is 0 Å². The predicted octanol–water partition coefficient (Wildman–Crippen LogP) is 3.49. The van der Waals surface area contributed by atoms with E-state index in [4.69, 9.17) is 5.73 Å². The fraction of sp³-hybridized carbons (Fsp3) is 0.368. The molecule has 0 saturated carbocycles. The number of halogens is 3. The molecule has 0 atom stereocenters. The van der Waals surface area contributed by atoms with Crippen LogP contribution in [0.4, 0.5) is 24.8 Å². The molecule has 10 heteroatoms. The number of carbonyl (C=O) groups excluding carboxylic acids is 1. The first-order valence-corrected chi connectivity index (χ1v) is 9.10. The van der Waals surface area contributed by atoms with Crippen LogP contribution in [0.3, 0.4) is 0 Å². The van der Waals surface area contributed by atoms with Crippen molar-refractivity contribution < 1.29 is 18.0 Å². The number of nitrogens with one attached hydrogen (secondary N) is 1. The van der Waals surface area contributed by atoms with Gasteiger partial charge >= 0.3 is 6.18 Å². The fourth-order valence-corrected chi connectivity index (χ4v) is 3.56. The smallest absolute Gasteiger partial charge is 0.383 e. The summed E-state index contributed by atoms with van der Waals surface area (Å²) in [5.41, 5.74) is 6.86. The molecule has 29 heavy (non-hydrogen) atoms. The molecule has 0 aromatic carbocycles. The number of nitrogen functional groups attached to an aromatic ring is 1. The monoisotopic (exact) mass is 404 g/mol. The molecule has 3 N–H and O–H groups in total. The van der Waals surface area contributed by atoms with Gasteiger partial charge in [0.2, 0.25) is 5.91 Å². The van der Waals surface area contributed by atoms with E-state index in [-0.39, 0.29) is 30.4 Å². The van der Waals surface area contributed by atoms with Crippen molar-refractivity contribution in [1.29, 1.82) is 0 Å². The van der Waals surface area contributed by atoms with Crippen LogP contribution in [0.15, 0.2) is 24.4 Å². The average Bonchev–Trinajstić information content (AvgIpc) is 3.09. The van der Waals surface area contributed by atoms with Crippen LogP contribution in [0.1, 0.15) is 38.1 Å². The standard InChI is InChI=1S/C19H19F3N6O/c1-18(2)12-14(23)25-16(26-15(12)27-17(18)29)13-10-6-3-4-9-28(10)11(24-13)7-5-8-19(20,21)22/h3-4,6,9H,5,7-8H2,1-2H3,(H3,23,25,26,27,29). The van der Waals surface area contributed by atoms with E-state index in [0.717, 1.165) is 0 Å². The molecular weight excluding hydrogens is 385 g/mol. The van der Waals surface area contributed by atoms with E-state index >= 15 is 0 Å². The van der Waals surface area contributed by atoms with Gasteiger partial charge in [-0.3, -0.25) is 4.79 Å². The Morgan fingerprint density at radius 2 is 1.97 bits per heavy atom. The van der Waals surface area contributed by atoms with Crippen molar-refractivity contribution in [3.8, 4) is 11.5 Å². The molecule has 1 aliphatic heterocycles. The molecule has 0 bridgehead atoms. The molecule has 0 saturated heterocycles. The Hall–Kier alpha value is -3.17. The summed E-state index contributed by atoms with van der Waals surface area (Å²) in [6.45, 7) is 3.47. The van der Waals surface area contributed by atoms with Crippen molar-refractivity contribution in [3.05, 3.63) is 35.8 Å². The summed E-state index contributed by atoms with van der Waals surface area (Å²) in [5, 5.41) is 2.71. The van der Waals surface area contributed by atoms with Crippen molar-refractivity contribution in [2.24, 2.45) is 0 Å². The van der Waals surface area contributed by atoms with Gasteiger partial charge in [-0.25, -0.2) is 15.0 Å². The van der Waals surface area contributed by atoms with E-state index in [1.807, 2.05) is 0 Å². The van der Waals surface area contributed by atoms with E-state index < -0.39 is 18.0 Å². The predicted molar refractivity (Wildman–Crippen MR) is 101 cm³/mol. The fourth-order valence-electron chi connectivity index (χ4n) is 3.56. The second kappa shape index (κ2) is 6.43. The molecular formula is C19H19F3N6O. The first kappa shape index (κ1) is 19.2. The van der Waals surface area contributed by atoms with Gasteiger partial charge in [-0.1, -0.05) is 6.07 Å². The molecule has 0 spiro atoms. The summed E-state index contributed by atoms with van der Waals surface area (Å²) in [6, 6.07) is 5.35. The van der Waals surface area contributed by atoms with Gasteiger partial charge in [-0.15, -0.1) is 0 Å². The molecule has 1 aliphatic rings. The number of nitrogens with zero attached hydrogens (tertiary/aromatic N) is 4. The third kappa shape index (κ3) is 3.28. The molecule has 1 amide bonds. The van der Waals surface area contributed by atoms with Crippen molar-refractivity contribution in [2.75, 3.05) is 11.1 Å². The van der Waals surface area contributed by atoms with Gasteiger partial charge in [-0.2, -0.15) is 13.2 Å². The zero-order valence-electron chi connectivity index (χ0n) is 15.8. The lowest BCUT2D eigenvalue weighted by atomic mass is 9.87. The van der Waals surface area contributed by atoms with Crippen molar-refractivity contribution in [2.45, 2.75) is 44.7 Å². The number of pyridine rings is 1. The SMILES string of the molecule is CC1(C)C(=O)Nc2nc(-c3nc(CCCC(F)(F)F)n4ccccc34)nc(N)c21. The number of carbonyl (C=O) groups is 1. The number of imidazole rings is 1. The van der Waals surface area contributed by atoms with E-state index in [2.05, 4.69) is 20.3 Å². The van der Waals surface area contributed by atoms with Crippen LogP contribution in [-0.2, 0) is 16.6 Å². The molecule has 0 unspecified atom stereocenters. The molecule has 3 aromatic heterocycles. The number of aryl methyl sites for hydroxylation is 1. The minimum absolute atomic E-state index is 0.0750. The first-order valence-electron chi connectivity index (χ1n) is 9.10. The minimum atomic E-state index is -4.21. The van der Waals surface area contributed by atoms with E-state index in [9.17, 15) is 18.0 Å². The number of alkyl halides is 3. The Morgan fingerprint density at radius 3 is 2.69 bits per heavy atom. The van der Waals surface area contributed by atoms with Gasteiger partial charge in [0.1, 0.15) is 23.2 Å². The molecule has 4 heterocycles. The van der Waals surface area contributed by atoms with E-state index in [0.29, 0.717) is 28.4 Å². The number of fused-ring (bicyclic) bond motifs is 2. The number of hydrogen-bond acceptors (Lipinski definition) is 5. The van der Waals surface area contributed by atoms with Gasteiger partial charge in [0, 0.05) is 19.0 Å². The number of aromatic nitrogens is 4. The maximum Gasteiger partial charge on any atom is 0.389 e. The van der Waals surface area contributed by atoms with Crippen LogP contribution >= 0.6 is 0 Å². The van der Waals surface area contributed by atoms with Gasteiger partial charge in [0.05, 0.1) is 16.5 Å². The minimum Gasteiger partial charge on any atom is -0.383 e. The summed E-state index contributed by atoms with van der Waals surface area (Å²) in [4.78, 5) is 25.5. The zero-order chi connectivity index (χ0) is 21.0. The number of rotatable bonds is 4. The van der Waals surface area contributed by atoms with E-state index in [1.165, 1.54) is 0 Å². The summed E-state index contributed by atoms with van der Waals surface area (Å²) in [5.74, 6) is 0.965. The Morgan fingerprint density at radius 1 is 1.21 bits per heavy atom.